The van der Waals surface area contributed by atoms with E-state index in [9.17, 15) is 4.39 Å². The minimum absolute atomic E-state index is 0. The minimum Gasteiger partial charge on any atom is -0.344 e. The van der Waals surface area contributed by atoms with Crippen molar-refractivity contribution in [1.29, 1.82) is 0 Å². The molecule has 0 unspecified atom stereocenters. The number of hydrogen-bond acceptors (Lipinski definition) is 1. The summed E-state index contributed by atoms with van der Waals surface area (Å²) in [5.74, 6) is -0.0856. The zero-order valence-electron chi connectivity index (χ0n) is 9.02. The Bertz CT molecular complexity index is 218. The number of halogens is 1. The van der Waals surface area contributed by atoms with Crippen molar-refractivity contribution in [3.63, 3.8) is 0 Å². The van der Waals surface area contributed by atoms with E-state index in [1.165, 1.54) is 6.42 Å². The van der Waals surface area contributed by atoms with Gasteiger partial charge in [-0.3, -0.25) is 0 Å². The highest BCUT2D eigenvalue weighted by Gasteiger charge is 1.96. The van der Waals surface area contributed by atoms with E-state index in [4.69, 9.17) is 0 Å². The van der Waals surface area contributed by atoms with Gasteiger partial charge < -0.3 is 6.15 Å². The number of benzene rings is 1. The van der Waals surface area contributed by atoms with Crippen LogP contribution in [0.15, 0.2) is 18.2 Å². The zero-order chi connectivity index (χ0) is 9.56. The predicted molar refractivity (Wildman–Crippen MR) is 59.0 cm³/mol. The van der Waals surface area contributed by atoms with Gasteiger partial charge in [0.05, 0.1) is 0 Å². The number of aryl methyl sites for hydroxylation is 2. The molecular weight excluding hydrogens is 165 g/mol. The fourth-order valence-electron chi connectivity index (χ4n) is 0.794. The van der Waals surface area contributed by atoms with Crippen LogP contribution in [0.3, 0.4) is 0 Å². The van der Waals surface area contributed by atoms with Crippen molar-refractivity contribution in [3.05, 3.63) is 35.1 Å². The van der Waals surface area contributed by atoms with Crippen LogP contribution >= 0.6 is 0 Å². The lowest BCUT2D eigenvalue weighted by molar-refractivity contribution is 0.609. The highest BCUT2D eigenvalue weighted by molar-refractivity contribution is 5.23. The molecule has 0 saturated heterocycles. The van der Waals surface area contributed by atoms with E-state index < -0.39 is 0 Å². The Morgan fingerprint density at radius 3 is 1.69 bits per heavy atom. The molecule has 0 aliphatic carbocycles. The number of rotatable bonds is 0. The summed E-state index contributed by atoms with van der Waals surface area (Å²) in [6, 6.07) is 5.39. The summed E-state index contributed by atoms with van der Waals surface area (Å²) < 4.78 is 12.7. The molecular formula is C11H22FN. The van der Waals surface area contributed by atoms with Crippen molar-refractivity contribution in [2.75, 3.05) is 0 Å². The van der Waals surface area contributed by atoms with Crippen LogP contribution < -0.4 is 6.15 Å². The summed E-state index contributed by atoms with van der Waals surface area (Å²) >= 11 is 0. The molecule has 0 fully saturated rings. The van der Waals surface area contributed by atoms with Crippen LogP contribution in [0.2, 0.25) is 0 Å². The second kappa shape index (κ2) is 7.74. The van der Waals surface area contributed by atoms with Crippen LogP contribution in [-0.4, -0.2) is 0 Å². The Morgan fingerprint density at radius 2 is 1.46 bits per heavy atom. The molecule has 1 aromatic carbocycles. The highest BCUT2D eigenvalue weighted by Crippen LogP contribution is 2.09. The molecule has 0 aromatic heterocycles. The van der Waals surface area contributed by atoms with Crippen molar-refractivity contribution in [1.82, 2.24) is 6.15 Å². The second-order valence-electron chi connectivity index (χ2n) is 2.91. The van der Waals surface area contributed by atoms with E-state index in [1.807, 2.05) is 6.07 Å². The molecule has 1 aromatic rings. The Balaban J connectivity index is -0.000000218. The van der Waals surface area contributed by atoms with Gasteiger partial charge in [0.25, 0.3) is 0 Å². The van der Waals surface area contributed by atoms with Crippen LogP contribution in [0.1, 0.15) is 32.8 Å². The van der Waals surface area contributed by atoms with Gasteiger partial charge in [-0.15, -0.1) is 0 Å². The van der Waals surface area contributed by atoms with Gasteiger partial charge in [0.15, 0.2) is 0 Å². The van der Waals surface area contributed by atoms with Crippen molar-refractivity contribution >= 4 is 0 Å². The lowest BCUT2D eigenvalue weighted by Crippen LogP contribution is -1.84. The van der Waals surface area contributed by atoms with E-state index in [0.717, 1.165) is 11.1 Å². The normalized spacial score (nSPS) is 8.08. The molecule has 0 aliphatic rings. The molecule has 0 amide bonds. The molecule has 13 heavy (non-hydrogen) atoms. The number of hydrogen-bond donors (Lipinski definition) is 1. The quantitative estimate of drug-likeness (QED) is 0.646. The van der Waals surface area contributed by atoms with Gasteiger partial charge in [0, 0.05) is 1.43 Å². The lowest BCUT2D eigenvalue weighted by Gasteiger charge is -1.96. The summed E-state index contributed by atoms with van der Waals surface area (Å²) in [7, 11) is 0. The van der Waals surface area contributed by atoms with Crippen LogP contribution in [0.5, 0.6) is 0 Å². The second-order valence-corrected chi connectivity index (χ2v) is 2.91. The van der Waals surface area contributed by atoms with E-state index in [2.05, 4.69) is 13.8 Å². The zero-order valence-corrected chi connectivity index (χ0v) is 9.02. The molecule has 1 nitrogen and oxygen atoms in total. The molecule has 0 saturated carbocycles. The molecule has 0 atom stereocenters. The SMILES string of the molecule is CCC.Cc1cccc(C)c1F.N.[HH]. The van der Waals surface area contributed by atoms with Crippen molar-refractivity contribution in [3.8, 4) is 0 Å². The first kappa shape index (κ1) is 14.6. The summed E-state index contributed by atoms with van der Waals surface area (Å²) in [5.41, 5.74) is 1.44. The van der Waals surface area contributed by atoms with Gasteiger partial charge in [-0.2, -0.15) is 0 Å². The van der Waals surface area contributed by atoms with Crippen molar-refractivity contribution in [2.45, 2.75) is 34.1 Å². The van der Waals surface area contributed by atoms with Crippen LogP contribution in [0, 0.1) is 19.7 Å². The maximum Gasteiger partial charge on any atom is 0.129 e. The van der Waals surface area contributed by atoms with E-state index >= 15 is 0 Å². The summed E-state index contributed by atoms with van der Waals surface area (Å²) in [4.78, 5) is 0. The third-order valence-electron chi connectivity index (χ3n) is 1.38. The fraction of sp³-hybridized carbons (Fsp3) is 0.455. The smallest absolute Gasteiger partial charge is 0.129 e. The third-order valence-corrected chi connectivity index (χ3v) is 1.38. The standard InChI is InChI=1S/C8H9F.C3H8.H3N.H2/c1-6-4-3-5-7(2)8(6)9;1-3-2;;/h3-5H,1-2H3;3H2,1-2H3;1H3;1H. The van der Waals surface area contributed by atoms with Gasteiger partial charge in [0.1, 0.15) is 5.82 Å². The Hall–Kier alpha value is -0.890. The highest BCUT2D eigenvalue weighted by atomic mass is 19.1. The van der Waals surface area contributed by atoms with Crippen molar-refractivity contribution in [2.24, 2.45) is 0 Å². The first-order valence-electron chi connectivity index (χ1n) is 4.35. The predicted octanol–water partition coefficient (Wildman–Crippen LogP) is 4.27. The van der Waals surface area contributed by atoms with Gasteiger partial charge in [0.2, 0.25) is 0 Å². The first-order valence-corrected chi connectivity index (χ1v) is 4.35. The average molecular weight is 187 g/mol. The average Bonchev–Trinajstić information content (AvgIpc) is 2.02. The molecule has 0 bridgehead atoms. The summed E-state index contributed by atoms with van der Waals surface area (Å²) in [6.45, 7) is 7.78. The third kappa shape index (κ3) is 5.36. The lowest BCUT2D eigenvalue weighted by atomic mass is 10.1. The Labute approximate surface area is 82.0 Å². The molecule has 1 rings (SSSR count). The van der Waals surface area contributed by atoms with Gasteiger partial charge in [-0.1, -0.05) is 38.5 Å². The maximum absolute atomic E-state index is 12.7. The largest absolute Gasteiger partial charge is 0.344 e. The molecule has 0 heterocycles. The monoisotopic (exact) mass is 187 g/mol. The topological polar surface area (TPSA) is 35.0 Å². The van der Waals surface area contributed by atoms with Crippen LogP contribution in [0.4, 0.5) is 4.39 Å². The van der Waals surface area contributed by atoms with Gasteiger partial charge in [-0.05, 0) is 25.0 Å². The molecule has 0 aliphatic heterocycles. The fourth-order valence-corrected chi connectivity index (χ4v) is 0.794. The molecule has 78 valence electrons. The van der Waals surface area contributed by atoms with Gasteiger partial charge in [-0.25, -0.2) is 4.39 Å². The van der Waals surface area contributed by atoms with Crippen LogP contribution in [0.25, 0.3) is 0 Å². The van der Waals surface area contributed by atoms with E-state index in [0.29, 0.717) is 0 Å². The maximum atomic E-state index is 12.7. The van der Waals surface area contributed by atoms with Crippen LogP contribution in [-0.2, 0) is 0 Å². The summed E-state index contributed by atoms with van der Waals surface area (Å²) in [6.07, 6.45) is 1.25. The van der Waals surface area contributed by atoms with E-state index in [1.54, 1.807) is 26.0 Å². The Morgan fingerprint density at radius 1 is 1.15 bits per heavy atom. The molecule has 0 spiro atoms. The van der Waals surface area contributed by atoms with Crippen molar-refractivity contribution < 1.29 is 5.82 Å². The molecule has 2 heteroatoms. The first-order chi connectivity index (χ1) is 5.63. The minimum atomic E-state index is -0.0856. The Kier molecular flexibility index (Phi) is 8.71. The van der Waals surface area contributed by atoms with E-state index in [-0.39, 0.29) is 13.4 Å². The van der Waals surface area contributed by atoms with Gasteiger partial charge >= 0.3 is 0 Å². The summed E-state index contributed by atoms with van der Waals surface area (Å²) in [5, 5.41) is 0. The molecule has 3 N–H and O–H groups in total. The molecule has 0 radical (unpaired) electrons.